The van der Waals surface area contributed by atoms with Crippen molar-refractivity contribution >= 4 is 5.84 Å². The van der Waals surface area contributed by atoms with Crippen molar-refractivity contribution in [2.75, 3.05) is 13.1 Å². The molecule has 0 aromatic heterocycles. The van der Waals surface area contributed by atoms with Gasteiger partial charge in [0, 0.05) is 12.5 Å². The van der Waals surface area contributed by atoms with Crippen molar-refractivity contribution in [1.82, 2.24) is 4.90 Å². The summed E-state index contributed by atoms with van der Waals surface area (Å²) in [7, 11) is 0. The lowest BCUT2D eigenvalue weighted by Gasteiger charge is -2.33. The summed E-state index contributed by atoms with van der Waals surface area (Å²) in [5, 5.41) is 7.20. The molecule has 1 rings (SSSR count). The average Bonchev–Trinajstić information content (AvgIpc) is 2.25. The molecule has 3 heteroatoms. The van der Waals surface area contributed by atoms with Crippen LogP contribution in [0.3, 0.4) is 0 Å². The van der Waals surface area contributed by atoms with Crippen LogP contribution in [-0.4, -0.2) is 29.9 Å². The molecular weight excluding hydrogens is 186 g/mol. The second-order valence-electron chi connectivity index (χ2n) is 4.55. The zero-order valence-corrected chi connectivity index (χ0v) is 9.97. The van der Waals surface area contributed by atoms with Crippen molar-refractivity contribution in [3.8, 4) is 0 Å². The van der Waals surface area contributed by atoms with Crippen molar-refractivity contribution in [3.63, 3.8) is 0 Å². The summed E-state index contributed by atoms with van der Waals surface area (Å²) in [6.45, 7) is 4.49. The van der Waals surface area contributed by atoms with Gasteiger partial charge in [-0.05, 0) is 32.4 Å². The Labute approximate surface area is 93.5 Å². The Balaban J connectivity index is 2.24. The molecular formula is C12H25N3. The van der Waals surface area contributed by atoms with E-state index in [-0.39, 0.29) is 0 Å². The number of rotatable bonds is 6. The van der Waals surface area contributed by atoms with Crippen LogP contribution < -0.4 is 5.73 Å². The molecule has 0 amide bonds. The molecule has 1 aliphatic carbocycles. The van der Waals surface area contributed by atoms with Crippen molar-refractivity contribution in [3.05, 3.63) is 0 Å². The molecule has 0 aliphatic heterocycles. The Kier molecular flexibility index (Phi) is 5.69. The van der Waals surface area contributed by atoms with Gasteiger partial charge in [-0.15, -0.1) is 0 Å². The van der Waals surface area contributed by atoms with E-state index in [4.69, 9.17) is 11.1 Å². The summed E-state index contributed by atoms with van der Waals surface area (Å²) in [5.41, 5.74) is 5.36. The van der Waals surface area contributed by atoms with E-state index in [2.05, 4.69) is 11.8 Å². The Morgan fingerprint density at radius 2 is 2.00 bits per heavy atom. The molecule has 0 unspecified atom stereocenters. The van der Waals surface area contributed by atoms with E-state index in [1.807, 2.05) is 0 Å². The summed E-state index contributed by atoms with van der Waals surface area (Å²) in [5.74, 6) is 0.328. The fraction of sp³-hybridized carbons (Fsp3) is 0.917. The van der Waals surface area contributed by atoms with E-state index in [9.17, 15) is 0 Å². The molecule has 0 atom stereocenters. The quantitative estimate of drug-likeness (QED) is 0.523. The first-order chi connectivity index (χ1) is 7.24. The van der Waals surface area contributed by atoms with Crippen molar-refractivity contribution in [2.24, 2.45) is 5.73 Å². The zero-order valence-electron chi connectivity index (χ0n) is 9.97. The van der Waals surface area contributed by atoms with Gasteiger partial charge in [0.25, 0.3) is 0 Å². The van der Waals surface area contributed by atoms with Crippen molar-refractivity contribution in [1.29, 1.82) is 5.41 Å². The van der Waals surface area contributed by atoms with Crippen molar-refractivity contribution < 1.29 is 0 Å². The van der Waals surface area contributed by atoms with E-state index in [0.717, 1.165) is 32.0 Å². The van der Waals surface area contributed by atoms with Crippen LogP contribution in [0.1, 0.15) is 51.9 Å². The summed E-state index contributed by atoms with van der Waals surface area (Å²) in [6, 6.07) is 0.802. The first kappa shape index (κ1) is 12.5. The average molecular weight is 211 g/mol. The van der Waals surface area contributed by atoms with Gasteiger partial charge < -0.3 is 10.6 Å². The molecule has 1 aliphatic rings. The van der Waals surface area contributed by atoms with Crippen LogP contribution in [0.5, 0.6) is 0 Å². The standard InChI is InChI=1S/C12H25N3/c1-2-15(10-6-9-12(13)14)11-7-4-3-5-8-11/h11H,2-10H2,1H3,(H3,13,14). The van der Waals surface area contributed by atoms with Crippen LogP contribution in [-0.2, 0) is 0 Å². The third kappa shape index (κ3) is 4.65. The number of amidine groups is 1. The summed E-state index contributed by atoms with van der Waals surface area (Å²) >= 11 is 0. The Morgan fingerprint density at radius 3 is 2.53 bits per heavy atom. The maximum absolute atomic E-state index is 7.20. The fourth-order valence-corrected chi connectivity index (χ4v) is 2.52. The zero-order chi connectivity index (χ0) is 11.1. The minimum absolute atomic E-state index is 0.328. The van der Waals surface area contributed by atoms with Crippen LogP contribution >= 0.6 is 0 Å². The molecule has 0 saturated heterocycles. The number of hydrogen-bond donors (Lipinski definition) is 2. The highest BCUT2D eigenvalue weighted by atomic mass is 15.1. The lowest BCUT2D eigenvalue weighted by atomic mass is 9.94. The van der Waals surface area contributed by atoms with Gasteiger partial charge in [-0.25, -0.2) is 0 Å². The second-order valence-corrected chi connectivity index (χ2v) is 4.55. The number of nitrogens with two attached hydrogens (primary N) is 1. The second kappa shape index (κ2) is 6.83. The predicted octanol–water partition coefficient (Wildman–Crippen LogP) is 2.36. The van der Waals surface area contributed by atoms with E-state index in [1.54, 1.807) is 0 Å². The molecule has 15 heavy (non-hydrogen) atoms. The molecule has 3 N–H and O–H groups in total. The third-order valence-electron chi connectivity index (χ3n) is 3.39. The molecule has 0 radical (unpaired) electrons. The highest BCUT2D eigenvalue weighted by molar-refractivity contribution is 5.76. The lowest BCUT2D eigenvalue weighted by Crippen LogP contribution is -2.37. The minimum atomic E-state index is 0.328. The Morgan fingerprint density at radius 1 is 1.33 bits per heavy atom. The molecule has 1 saturated carbocycles. The van der Waals surface area contributed by atoms with Gasteiger partial charge in [-0.3, -0.25) is 5.41 Å². The first-order valence-corrected chi connectivity index (χ1v) is 6.31. The largest absolute Gasteiger partial charge is 0.388 e. The monoisotopic (exact) mass is 211 g/mol. The van der Waals surface area contributed by atoms with Crippen LogP contribution in [0.4, 0.5) is 0 Å². The highest BCUT2D eigenvalue weighted by Gasteiger charge is 2.18. The third-order valence-corrected chi connectivity index (χ3v) is 3.39. The fourth-order valence-electron chi connectivity index (χ4n) is 2.52. The topological polar surface area (TPSA) is 53.1 Å². The van der Waals surface area contributed by atoms with Gasteiger partial charge in [0.15, 0.2) is 0 Å². The Hall–Kier alpha value is -0.570. The number of nitrogens with zero attached hydrogens (tertiary/aromatic N) is 1. The van der Waals surface area contributed by atoms with Gasteiger partial charge in [0.1, 0.15) is 0 Å². The molecule has 0 aromatic rings. The highest BCUT2D eigenvalue weighted by Crippen LogP contribution is 2.22. The van der Waals surface area contributed by atoms with Gasteiger partial charge in [-0.1, -0.05) is 26.2 Å². The van der Waals surface area contributed by atoms with E-state index in [0.29, 0.717) is 5.84 Å². The summed E-state index contributed by atoms with van der Waals surface area (Å²) in [6.07, 6.45) is 8.74. The molecule has 0 bridgehead atoms. The predicted molar refractivity (Wildman–Crippen MR) is 65.3 cm³/mol. The Bertz CT molecular complexity index is 185. The molecule has 1 fully saturated rings. The number of hydrogen-bond acceptors (Lipinski definition) is 2. The number of nitrogens with one attached hydrogen (secondary N) is 1. The lowest BCUT2D eigenvalue weighted by molar-refractivity contribution is 0.163. The maximum Gasteiger partial charge on any atom is 0.0905 e. The van der Waals surface area contributed by atoms with Crippen LogP contribution in [0.25, 0.3) is 0 Å². The van der Waals surface area contributed by atoms with Crippen LogP contribution in [0.15, 0.2) is 0 Å². The maximum atomic E-state index is 7.20. The molecule has 0 aromatic carbocycles. The van der Waals surface area contributed by atoms with Gasteiger partial charge in [0.05, 0.1) is 5.84 Å². The van der Waals surface area contributed by atoms with E-state index >= 15 is 0 Å². The van der Waals surface area contributed by atoms with E-state index < -0.39 is 0 Å². The summed E-state index contributed by atoms with van der Waals surface area (Å²) in [4.78, 5) is 2.57. The summed E-state index contributed by atoms with van der Waals surface area (Å²) < 4.78 is 0. The van der Waals surface area contributed by atoms with Gasteiger partial charge in [-0.2, -0.15) is 0 Å². The molecule has 88 valence electrons. The van der Waals surface area contributed by atoms with Gasteiger partial charge in [0.2, 0.25) is 0 Å². The SMILES string of the molecule is CCN(CCCC(=N)N)C1CCCCC1. The smallest absolute Gasteiger partial charge is 0.0905 e. The van der Waals surface area contributed by atoms with Gasteiger partial charge >= 0.3 is 0 Å². The van der Waals surface area contributed by atoms with Crippen LogP contribution in [0.2, 0.25) is 0 Å². The first-order valence-electron chi connectivity index (χ1n) is 6.31. The minimum Gasteiger partial charge on any atom is -0.388 e. The van der Waals surface area contributed by atoms with Crippen molar-refractivity contribution in [2.45, 2.75) is 57.9 Å². The molecule has 3 nitrogen and oxygen atoms in total. The molecule has 0 heterocycles. The molecule has 0 spiro atoms. The normalized spacial score (nSPS) is 18.3. The van der Waals surface area contributed by atoms with Crippen LogP contribution in [0, 0.1) is 5.41 Å². The van der Waals surface area contributed by atoms with E-state index in [1.165, 1.54) is 32.1 Å².